The van der Waals surface area contributed by atoms with Crippen molar-refractivity contribution in [2.75, 3.05) is 16.8 Å². The summed E-state index contributed by atoms with van der Waals surface area (Å²) in [5, 5.41) is 12.0. The van der Waals surface area contributed by atoms with E-state index in [4.69, 9.17) is 0 Å². The molecule has 4 rings (SSSR count). The largest absolute Gasteiger partial charge is 0.352 e. The minimum Gasteiger partial charge on any atom is -0.352 e. The fourth-order valence-corrected chi connectivity index (χ4v) is 3.40. The van der Waals surface area contributed by atoms with E-state index in [9.17, 15) is 10.1 Å². The zero-order valence-corrected chi connectivity index (χ0v) is 15.5. The molecule has 1 aromatic heterocycles. The minimum absolute atomic E-state index is 0.286. The zero-order chi connectivity index (χ0) is 19.5. The minimum atomic E-state index is -0.355. The van der Waals surface area contributed by atoms with E-state index < -0.39 is 0 Å². The first-order valence-electron chi connectivity index (χ1n) is 9.12. The molecular formula is C22H19N5O. The Hall–Kier alpha value is -3.72. The number of anilines is 2. The van der Waals surface area contributed by atoms with Crippen LogP contribution in [0.15, 0.2) is 54.6 Å². The lowest BCUT2D eigenvalue weighted by atomic mass is 10.00. The Bertz CT molecular complexity index is 1090. The normalized spacial score (nSPS) is 12.8. The molecule has 2 aromatic carbocycles. The van der Waals surface area contributed by atoms with E-state index >= 15 is 0 Å². The number of nitrogens with one attached hydrogen (secondary N) is 1. The Morgan fingerprint density at radius 3 is 2.68 bits per heavy atom. The second-order valence-corrected chi connectivity index (χ2v) is 6.71. The highest BCUT2D eigenvalue weighted by atomic mass is 16.1. The topological polar surface area (TPSA) is 81.9 Å². The van der Waals surface area contributed by atoms with Crippen LogP contribution in [-0.4, -0.2) is 22.4 Å². The summed E-state index contributed by atoms with van der Waals surface area (Å²) in [5.74, 6) is 0.919. The predicted molar refractivity (Wildman–Crippen MR) is 107 cm³/mol. The van der Waals surface area contributed by atoms with Crippen molar-refractivity contribution in [2.45, 2.75) is 19.9 Å². The van der Waals surface area contributed by atoms with Crippen LogP contribution in [0.25, 0.3) is 0 Å². The molecule has 0 fully saturated rings. The van der Waals surface area contributed by atoms with E-state index in [2.05, 4.69) is 44.5 Å². The fraction of sp³-hybridized carbons (Fsp3) is 0.182. The molecular weight excluding hydrogens is 350 g/mol. The summed E-state index contributed by atoms with van der Waals surface area (Å²) >= 11 is 0. The lowest BCUT2D eigenvalue weighted by Gasteiger charge is -2.30. The first-order chi connectivity index (χ1) is 13.6. The summed E-state index contributed by atoms with van der Waals surface area (Å²) < 4.78 is 0. The van der Waals surface area contributed by atoms with Crippen LogP contribution in [0.5, 0.6) is 0 Å². The Labute approximate surface area is 163 Å². The van der Waals surface area contributed by atoms with Gasteiger partial charge in [0.25, 0.3) is 5.91 Å². The summed E-state index contributed by atoms with van der Waals surface area (Å²) in [7, 11) is 0. The number of amides is 1. The SMILES string of the molecule is Cc1nc(C(=O)Nc2ccccc2C#N)cc(N2CCc3ccccc3C2)n1. The van der Waals surface area contributed by atoms with Crippen LogP contribution in [0, 0.1) is 18.3 Å². The molecule has 0 unspecified atom stereocenters. The van der Waals surface area contributed by atoms with Crippen molar-refractivity contribution >= 4 is 17.4 Å². The molecule has 0 radical (unpaired) electrons. The third-order valence-electron chi connectivity index (χ3n) is 4.81. The standard InChI is InChI=1S/C22H19N5O/c1-15-24-20(22(28)26-19-9-5-4-7-17(19)13-23)12-21(25-15)27-11-10-16-6-2-3-8-18(16)14-27/h2-9,12H,10-11,14H2,1H3,(H,26,28). The number of rotatable bonds is 3. The number of para-hydroxylation sites is 1. The van der Waals surface area contributed by atoms with Gasteiger partial charge in [0, 0.05) is 19.2 Å². The van der Waals surface area contributed by atoms with Gasteiger partial charge in [-0.15, -0.1) is 0 Å². The van der Waals surface area contributed by atoms with Crippen LogP contribution in [0.3, 0.4) is 0 Å². The van der Waals surface area contributed by atoms with Gasteiger partial charge < -0.3 is 10.2 Å². The monoisotopic (exact) mass is 369 g/mol. The summed E-state index contributed by atoms with van der Waals surface area (Å²) in [4.78, 5) is 23.7. The predicted octanol–water partition coefficient (Wildman–Crippen LogP) is 3.47. The van der Waals surface area contributed by atoms with Crippen molar-refractivity contribution in [3.05, 3.63) is 82.8 Å². The lowest BCUT2D eigenvalue weighted by Crippen LogP contribution is -2.31. The zero-order valence-electron chi connectivity index (χ0n) is 15.5. The number of hydrogen-bond donors (Lipinski definition) is 1. The molecule has 0 bridgehead atoms. The average Bonchev–Trinajstić information content (AvgIpc) is 2.73. The van der Waals surface area contributed by atoms with Crippen LogP contribution >= 0.6 is 0 Å². The van der Waals surface area contributed by atoms with Crippen LogP contribution < -0.4 is 10.2 Å². The number of fused-ring (bicyclic) bond motifs is 1. The number of carbonyl (C=O) groups is 1. The number of nitrogens with zero attached hydrogens (tertiary/aromatic N) is 4. The van der Waals surface area contributed by atoms with Gasteiger partial charge in [0.2, 0.25) is 0 Å². The van der Waals surface area contributed by atoms with E-state index in [-0.39, 0.29) is 11.6 Å². The maximum atomic E-state index is 12.7. The average molecular weight is 369 g/mol. The summed E-state index contributed by atoms with van der Waals surface area (Å²) in [6, 6.07) is 19.1. The molecule has 6 nitrogen and oxygen atoms in total. The second-order valence-electron chi connectivity index (χ2n) is 6.71. The van der Waals surface area contributed by atoms with E-state index in [1.54, 1.807) is 37.3 Å². The van der Waals surface area contributed by atoms with Gasteiger partial charge in [-0.05, 0) is 36.6 Å². The molecule has 2 heterocycles. The number of benzene rings is 2. The van der Waals surface area contributed by atoms with E-state index in [0.717, 1.165) is 25.3 Å². The molecule has 138 valence electrons. The van der Waals surface area contributed by atoms with Crippen molar-refractivity contribution in [2.24, 2.45) is 0 Å². The van der Waals surface area contributed by atoms with Crippen LogP contribution in [0.2, 0.25) is 0 Å². The molecule has 6 heteroatoms. The molecule has 0 aliphatic carbocycles. The van der Waals surface area contributed by atoms with Crippen LogP contribution in [0.4, 0.5) is 11.5 Å². The lowest BCUT2D eigenvalue weighted by molar-refractivity contribution is 0.102. The maximum Gasteiger partial charge on any atom is 0.274 e. The van der Waals surface area contributed by atoms with Gasteiger partial charge in [0.05, 0.1) is 11.3 Å². The number of aryl methyl sites for hydroxylation is 1. The molecule has 0 saturated carbocycles. The quantitative estimate of drug-likeness (QED) is 0.764. The molecule has 1 amide bonds. The molecule has 28 heavy (non-hydrogen) atoms. The third kappa shape index (κ3) is 3.55. The van der Waals surface area contributed by atoms with Crippen LogP contribution in [0.1, 0.15) is 33.0 Å². The van der Waals surface area contributed by atoms with Crippen LogP contribution in [-0.2, 0) is 13.0 Å². The van der Waals surface area contributed by atoms with Gasteiger partial charge >= 0.3 is 0 Å². The van der Waals surface area contributed by atoms with E-state index in [1.807, 2.05) is 6.07 Å². The van der Waals surface area contributed by atoms with Crippen molar-refractivity contribution in [3.63, 3.8) is 0 Å². The molecule has 3 aromatic rings. The highest BCUT2D eigenvalue weighted by Crippen LogP contribution is 2.24. The van der Waals surface area contributed by atoms with E-state index in [0.29, 0.717) is 17.1 Å². The number of nitriles is 1. The van der Waals surface area contributed by atoms with Gasteiger partial charge in [0.15, 0.2) is 0 Å². The number of aromatic nitrogens is 2. The molecule has 0 saturated heterocycles. The number of carbonyl (C=O) groups excluding carboxylic acids is 1. The Balaban J connectivity index is 1.59. The third-order valence-corrected chi connectivity index (χ3v) is 4.81. The highest BCUT2D eigenvalue weighted by Gasteiger charge is 2.20. The smallest absolute Gasteiger partial charge is 0.274 e. The van der Waals surface area contributed by atoms with Gasteiger partial charge in [-0.3, -0.25) is 4.79 Å². The maximum absolute atomic E-state index is 12.7. The van der Waals surface area contributed by atoms with Gasteiger partial charge in [-0.2, -0.15) is 5.26 Å². The summed E-state index contributed by atoms with van der Waals surface area (Å²) in [5.41, 5.74) is 3.80. The molecule has 1 aliphatic rings. The second kappa shape index (κ2) is 7.49. The van der Waals surface area contributed by atoms with Gasteiger partial charge in [-0.1, -0.05) is 36.4 Å². The van der Waals surface area contributed by atoms with Crippen molar-refractivity contribution in [1.82, 2.24) is 9.97 Å². The van der Waals surface area contributed by atoms with Crippen molar-refractivity contribution < 1.29 is 4.79 Å². The van der Waals surface area contributed by atoms with Crippen molar-refractivity contribution in [1.29, 1.82) is 5.26 Å². The molecule has 0 atom stereocenters. The Kier molecular flexibility index (Phi) is 4.73. The highest BCUT2D eigenvalue weighted by molar-refractivity contribution is 6.04. The Morgan fingerprint density at radius 1 is 1.11 bits per heavy atom. The van der Waals surface area contributed by atoms with Crippen molar-refractivity contribution in [3.8, 4) is 6.07 Å². The van der Waals surface area contributed by atoms with Gasteiger partial charge in [-0.25, -0.2) is 9.97 Å². The molecule has 0 spiro atoms. The first-order valence-corrected chi connectivity index (χ1v) is 9.12. The first kappa shape index (κ1) is 17.7. The summed E-state index contributed by atoms with van der Waals surface area (Å²) in [6.07, 6.45) is 0.941. The fourth-order valence-electron chi connectivity index (χ4n) is 3.40. The summed E-state index contributed by atoms with van der Waals surface area (Å²) in [6.45, 7) is 3.37. The Morgan fingerprint density at radius 2 is 1.86 bits per heavy atom. The molecule has 1 aliphatic heterocycles. The van der Waals surface area contributed by atoms with Gasteiger partial charge in [0.1, 0.15) is 23.4 Å². The van der Waals surface area contributed by atoms with E-state index in [1.165, 1.54) is 11.1 Å². The number of hydrogen-bond acceptors (Lipinski definition) is 5. The molecule has 1 N–H and O–H groups in total.